The van der Waals surface area contributed by atoms with Gasteiger partial charge in [0.2, 0.25) is 0 Å². The third-order valence-electron chi connectivity index (χ3n) is 4.60. The van der Waals surface area contributed by atoms with E-state index in [9.17, 15) is 4.79 Å². The topological polar surface area (TPSA) is 42.7 Å². The van der Waals surface area contributed by atoms with Gasteiger partial charge in [0, 0.05) is 18.0 Å². The van der Waals surface area contributed by atoms with Crippen LogP contribution in [0.15, 0.2) is 28.9 Å². The molecule has 0 N–H and O–H groups in total. The Balaban J connectivity index is 1.48. The van der Waals surface area contributed by atoms with E-state index in [4.69, 9.17) is 9.15 Å². The first-order valence-corrected chi connectivity index (χ1v) is 7.95. The molecule has 4 heteroatoms. The minimum absolute atomic E-state index is 0.278. The van der Waals surface area contributed by atoms with Gasteiger partial charge in [0.15, 0.2) is 0 Å². The van der Waals surface area contributed by atoms with Gasteiger partial charge in [-0.05, 0) is 57.0 Å². The van der Waals surface area contributed by atoms with Crippen LogP contribution >= 0.6 is 0 Å². The van der Waals surface area contributed by atoms with Gasteiger partial charge in [-0.2, -0.15) is 0 Å². The molecule has 0 spiro atoms. The fourth-order valence-electron chi connectivity index (χ4n) is 3.55. The van der Waals surface area contributed by atoms with Gasteiger partial charge < -0.3 is 9.15 Å². The lowest BCUT2D eigenvalue weighted by molar-refractivity contribution is -0.140. The number of furan rings is 1. The molecule has 1 aromatic rings. The van der Waals surface area contributed by atoms with Crippen molar-refractivity contribution in [3.05, 3.63) is 30.2 Å². The minimum Gasteiger partial charge on any atom is -0.465 e. The number of carbonyl (C=O) groups is 1. The zero-order valence-electron chi connectivity index (χ0n) is 12.4. The molecule has 4 nitrogen and oxygen atoms in total. The van der Waals surface area contributed by atoms with E-state index in [0.717, 1.165) is 0 Å². The number of ether oxygens (including phenoxy) is 1. The summed E-state index contributed by atoms with van der Waals surface area (Å²) in [4.78, 5) is 14.4. The number of hydrogen-bond acceptors (Lipinski definition) is 4. The molecule has 21 heavy (non-hydrogen) atoms. The largest absolute Gasteiger partial charge is 0.465 e. The quantitative estimate of drug-likeness (QED) is 0.631. The third kappa shape index (κ3) is 3.76. The van der Waals surface area contributed by atoms with Crippen LogP contribution in [0.25, 0.3) is 6.08 Å². The molecule has 0 bridgehead atoms. The van der Waals surface area contributed by atoms with Gasteiger partial charge in [0.05, 0.1) is 12.9 Å². The molecule has 0 unspecified atom stereocenters. The van der Waals surface area contributed by atoms with Gasteiger partial charge in [-0.1, -0.05) is 6.42 Å². The standard InChI is InChI=1S/C17H23NO3/c19-17(9-8-15-6-4-12-20-15)21-13-14-5-3-11-18-10-2-1-7-16(14)18/h4,6,8-9,12,14,16H,1-3,5,7,10-11,13H2/t14-,16-/m1/s1. The molecule has 2 atom stereocenters. The number of hydrogen-bond donors (Lipinski definition) is 0. The first-order chi connectivity index (χ1) is 10.3. The second-order valence-corrected chi connectivity index (χ2v) is 5.98. The lowest BCUT2D eigenvalue weighted by atomic mass is 9.84. The van der Waals surface area contributed by atoms with Gasteiger partial charge in [0.1, 0.15) is 5.76 Å². The zero-order valence-corrected chi connectivity index (χ0v) is 12.4. The zero-order chi connectivity index (χ0) is 14.5. The SMILES string of the molecule is O=C(C=Cc1ccco1)OC[C@H]1CCCN2CCCC[C@H]12. The molecule has 0 amide bonds. The van der Waals surface area contributed by atoms with E-state index < -0.39 is 0 Å². The molecule has 3 heterocycles. The highest BCUT2D eigenvalue weighted by Crippen LogP contribution is 2.30. The Morgan fingerprint density at radius 3 is 3.10 bits per heavy atom. The van der Waals surface area contributed by atoms with E-state index in [2.05, 4.69) is 4.90 Å². The first-order valence-electron chi connectivity index (χ1n) is 7.95. The van der Waals surface area contributed by atoms with Crippen molar-refractivity contribution in [3.8, 4) is 0 Å². The molecular formula is C17H23NO3. The van der Waals surface area contributed by atoms with Crippen LogP contribution in [-0.2, 0) is 9.53 Å². The van der Waals surface area contributed by atoms with E-state index in [1.165, 1.54) is 51.3 Å². The number of fused-ring (bicyclic) bond motifs is 1. The van der Waals surface area contributed by atoms with Gasteiger partial charge in [-0.3, -0.25) is 4.90 Å². The fraction of sp³-hybridized carbons (Fsp3) is 0.588. The summed E-state index contributed by atoms with van der Waals surface area (Å²) < 4.78 is 10.6. The van der Waals surface area contributed by atoms with E-state index in [1.807, 2.05) is 6.07 Å². The van der Waals surface area contributed by atoms with E-state index in [0.29, 0.717) is 24.3 Å². The molecule has 1 aromatic heterocycles. The summed E-state index contributed by atoms with van der Waals surface area (Å²) in [6.07, 6.45) is 11.0. The summed E-state index contributed by atoms with van der Waals surface area (Å²) in [5.74, 6) is 0.891. The van der Waals surface area contributed by atoms with Crippen molar-refractivity contribution in [2.24, 2.45) is 5.92 Å². The summed E-state index contributed by atoms with van der Waals surface area (Å²) in [7, 11) is 0. The summed E-state index contributed by atoms with van der Waals surface area (Å²) in [6, 6.07) is 4.23. The predicted molar refractivity (Wildman–Crippen MR) is 80.6 cm³/mol. The van der Waals surface area contributed by atoms with E-state index in [1.54, 1.807) is 18.4 Å². The molecule has 0 aliphatic carbocycles. The van der Waals surface area contributed by atoms with Gasteiger partial charge in [0.25, 0.3) is 0 Å². The van der Waals surface area contributed by atoms with Crippen molar-refractivity contribution >= 4 is 12.0 Å². The lowest BCUT2D eigenvalue weighted by Gasteiger charge is -2.44. The molecule has 2 aliphatic heterocycles. The number of nitrogens with zero attached hydrogens (tertiary/aromatic N) is 1. The Labute approximate surface area is 125 Å². The molecule has 3 rings (SSSR count). The van der Waals surface area contributed by atoms with Gasteiger partial charge >= 0.3 is 5.97 Å². The van der Waals surface area contributed by atoms with Crippen molar-refractivity contribution < 1.29 is 13.9 Å². The number of esters is 1. The van der Waals surface area contributed by atoms with Crippen LogP contribution in [0, 0.1) is 5.92 Å². The van der Waals surface area contributed by atoms with Gasteiger partial charge in [-0.25, -0.2) is 4.79 Å². The summed E-state index contributed by atoms with van der Waals surface area (Å²) in [6.45, 7) is 2.98. The van der Waals surface area contributed by atoms with E-state index in [-0.39, 0.29) is 5.97 Å². The van der Waals surface area contributed by atoms with Crippen molar-refractivity contribution in [1.82, 2.24) is 4.90 Å². The number of carbonyl (C=O) groups excluding carboxylic acids is 1. The second kappa shape index (κ2) is 6.94. The van der Waals surface area contributed by atoms with Gasteiger partial charge in [-0.15, -0.1) is 0 Å². The average Bonchev–Trinajstić information content (AvgIpc) is 3.04. The molecule has 0 radical (unpaired) electrons. The number of piperidine rings is 2. The Morgan fingerprint density at radius 1 is 1.33 bits per heavy atom. The predicted octanol–water partition coefficient (Wildman–Crippen LogP) is 3.10. The highest BCUT2D eigenvalue weighted by Gasteiger charge is 2.33. The summed E-state index contributed by atoms with van der Waals surface area (Å²) in [5.41, 5.74) is 0. The Morgan fingerprint density at radius 2 is 2.24 bits per heavy atom. The third-order valence-corrected chi connectivity index (χ3v) is 4.60. The van der Waals surface area contributed by atoms with Crippen LogP contribution in [-0.4, -0.2) is 36.6 Å². The highest BCUT2D eigenvalue weighted by molar-refractivity contribution is 5.86. The van der Waals surface area contributed by atoms with E-state index >= 15 is 0 Å². The molecule has 0 saturated carbocycles. The summed E-state index contributed by atoms with van der Waals surface area (Å²) in [5, 5.41) is 0. The van der Waals surface area contributed by atoms with Crippen molar-refractivity contribution in [2.75, 3.05) is 19.7 Å². The maximum Gasteiger partial charge on any atom is 0.330 e. The second-order valence-electron chi connectivity index (χ2n) is 5.98. The lowest BCUT2D eigenvalue weighted by Crippen LogP contribution is -2.49. The van der Waals surface area contributed by atoms with Crippen LogP contribution in [0.2, 0.25) is 0 Å². The number of rotatable bonds is 4. The average molecular weight is 289 g/mol. The molecular weight excluding hydrogens is 266 g/mol. The van der Waals surface area contributed by atoms with Crippen molar-refractivity contribution in [1.29, 1.82) is 0 Å². The Bertz CT molecular complexity index is 478. The van der Waals surface area contributed by atoms with Crippen molar-refractivity contribution in [2.45, 2.75) is 38.1 Å². The Kier molecular flexibility index (Phi) is 4.76. The molecule has 0 aromatic carbocycles. The fourth-order valence-corrected chi connectivity index (χ4v) is 3.55. The maximum atomic E-state index is 11.8. The summed E-state index contributed by atoms with van der Waals surface area (Å²) >= 11 is 0. The Hall–Kier alpha value is -1.55. The van der Waals surface area contributed by atoms with Crippen LogP contribution in [0.1, 0.15) is 37.9 Å². The minimum atomic E-state index is -0.278. The first kappa shape index (κ1) is 14.4. The maximum absolute atomic E-state index is 11.8. The smallest absolute Gasteiger partial charge is 0.330 e. The monoisotopic (exact) mass is 289 g/mol. The van der Waals surface area contributed by atoms with Crippen molar-refractivity contribution in [3.63, 3.8) is 0 Å². The highest BCUT2D eigenvalue weighted by atomic mass is 16.5. The van der Waals surface area contributed by atoms with Crippen LogP contribution in [0.3, 0.4) is 0 Å². The van der Waals surface area contributed by atoms with Crippen LogP contribution < -0.4 is 0 Å². The molecule has 2 saturated heterocycles. The normalized spacial score (nSPS) is 26.7. The molecule has 114 valence electrons. The molecule has 2 fully saturated rings. The molecule has 2 aliphatic rings. The van der Waals surface area contributed by atoms with Crippen LogP contribution in [0.4, 0.5) is 0 Å². The van der Waals surface area contributed by atoms with Crippen LogP contribution in [0.5, 0.6) is 0 Å².